The largest absolute Gasteiger partial charge is 0.383 e. The zero-order valence-electron chi connectivity index (χ0n) is 22.0. The molecule has 0 spiro atoms. The standard InChI is InChI=1S/C28H28FN9O2/c1-16-10-23(37-36-16)34-22-11-18-4-3-9-30-25(18)26(35-22)28(40)8-7-19(12-28)27(39)33-17(2)20-5-6-24(31-13-20)38-15-21(29)14-32-38/h3-6,9-11,13-15,17,19,40H,7-8,12H2,1-2H3,(H,33,39)(H2,34,35,36,37)/t17-,19+,28-/m0/s1. The van der Waals surface area contributed by atoms with Gasteiger partial charge in [0.1, 0.15) is 17.1 Å². The molecule has 5 aromatic heterocycles. The van der Waals surface area contributed by atoms with Crippen LogP contribution < -0.4 is 10.6 Å². The molecular weight excluding hydrogens is 513 g/mol. The highest BCUT2D eigenvalue weighted by atomic mass is 19.1. The molecule has 1 fully saturated rings. The van der Waals surface area contributed by atoms with E-state index in [1.54, 1.807) is 18.5 Å². The first-order valence-electron chi connectivity index (χ1n) is 13.0. The number of carbonyl (C=O) groups is 1. The van der Waals surface area contributed by atoms with E-state index in [4.69, 9.17) is 4.98 Å². The van der Waals surface area contributed by atoms with E-state index in [1.165, 1.54) is 10.9 Å². The van der Waals surface area contributed by atoms with Crippen LogP contribution in [-0.4, -0.2) is 45.9 Å². The van der Waals surface area contributed by atoms with Gasteiger partial charge in [0.15, 0.2) is 17.5 Å². The number of aliphatic hydroxyl groups is 1. The molecule has 0 aliphatic heterocycles. The van der Waals surface area contributed by atoms with Crippen LogP contribution in [0, 0.1) is 18.7 Å². The maximum atomic E-state index is 13.3. The SMILES string of the molecule is Cc1cc(Nc2cc3cccnc3c([C@]3(O)CC[C@@H](C(=O)N[C@@H](C)c4ccc(-n5cc(F)cn5)nc4)C3)n2)n[nH]1. The molecule has 11 nitrogen and oxygen atoms in total. The lowest BCUT2D eigenvalue weighted by molar-refractivity contribution is -0.126. The zero-order chi connectivity index (χ0) is 27.9. The molecule has 12 heteroatoms. The highest BCUT2D eigenvalue weighted by Crippen LogP contribution is 2.44. The molecule has 1 aliphatic rings. The van der Waals surface area contributed by atoms with Crippen molar-refractivity contribution in [3.05, 3.63) is 84.0 Å². The highest BCUT2D eigenvalue weighted by molar-refractivity contribution is 5.85. The monoisotopic (exact) mass is 541 g/mol. The second kappa shape index (κ2) is 10.1. The molecule has 0 radical (unpaired) electrons. The molecule has 1 amide bonds. The van der Waals surface area contributed by atoms with Gasteiger partial charge in [-0.2, -0.15) is 10.2 Å². The first-order valence-corrected chi connectivity index (χ1v) is 13.0. The van der Waals surface area contributed by atoms with Crippen molar-refractivity contribution in [2.45, 2.75) is 44.8 Å². The lowest BCUT2D eigenvalue weighted by Gasteiger charge is -2.24. The Kier molecular flexibility index (Phi) is 6.46. The van der Waals surface area contributed by atoms with Crippen LogP contribution in [0.3, 0.4) is 0 Å². The van der Waals surface area contributed by atoms with Gasteiger partial charge < -0.3 is 15.7 Å². The first kappa shape index (κ1) is 25.6. The van der Waals surface area contributed by atoms with E-state index in [9.17, 15) is 14.3 Å². The van der Waals surface area contributed by atoms with Gasteiger partial charge >= 0.3 is 0 Å². The Morgan fingerprint density at radius 2 is 2.10 bits per heavy atom. The lowest BCUT2D eigenvalue weighted by atomic mass is 9.93. The number of amides is 1. The molecule has 0 bridgehead atoms. The van der Waals surface area contributed by atoms with Crippen molar-refractivity contribution in [3.63, 3.8) is 0 Å². The summed E-state index contributed by atoms with van der Waals surface area (Å²) >= 11 is 0. The van der Waals surface area contributed by atoms with Crippen LogP contribution in [0.1, 0.15) is 49.2 Å². The zero-order valence-corrected chi connectivity index (χ0v) is 22.0. The Balaban J connectivity index is 1.18. The highest BCUT2D eigenvalue weighted by Gasteiger charge is 2.44. The summed E-state index contributed by atoms with van der Waals surface area (Å²) in [7, 11) is 0. The molecular formula is C28H28FN9O2. The molecule has 0 saturated heterocycles. The number of carbonyl (C=O) groups excluding carboxylic acids is 1. The second-order valence-electron chi connectivity index (χ2n) is 10.2. The summed E-state index contributed by atoms with van der Waals surface area (Å²) in [5.41, 5.74) is 1.43. The van der Waals surface area contributed by atoms with Crippen LogP contribution in [0.2, 0.25) is 0 Å². The third-order valence-electron chi connectivity index (χ3n) is 7.27. The topological polar surface area (TPSA) is 147 Å². The Morgan fingerprint density at radius 1 is 1.23 bits per heavy atom. The molecule has 204 valence electrons. The quantitative estimate of drug-likeness (QED) is 0.242. The number of aromatic amines is 1. The number of anilines is 2. The molecule has 1 saturated carbocycles. The maximum absolute atomic E-state index is 13.3. The van der Waals surface area contributed by atoms with Crippen LogP contribution in [0.5, 0.6) is 0 Å². The molecule has 4 N–H and O–H groups in total. The number of hydrogen-bond donors (Lipinski definition) is 4. The van der Waals surface area contributed by atoms with Gasteiger partial charge in [0.25, 0.3) is 0 Å². The number of rotatable bonds is 7. The minimum atomic E-state index is -1.32. The number of H-pyrrole nitrogens is 1. The van der Waals surface area contributed by atoms with Crippen LogP contribution in [0.25, 0.3) is 16.7 Å². The van der Waals surface area contributed by atoms with Crippen LogP contribution in [-0.2, 0) is 10.4 Å². The van der Waals surface area contributed by atoms with E-state index in [0.29, 0.717) is 41.5 Å². The molecule has 5 aromatic rings. The fourth-order valence-electron chi connectivity index (χ4n) is 5.18. The molecule has 0 aromatic carbocycles. The van der Waals surface area contributed by atoms with Crippen molar-refractivity contribution >= 4 is 28.4 Å². The molecule has 1 aliphatic carbocycles. The predicted molar refractivity (Wildman–Crippen MR) is 145 cm³/mol. The average Bonchev–Trinajstić information content (AvgIpc) is 3.68. The van der Waals surface area contributed by atoms with Gasteiger partial charge in [-0.3, -0.25) is 14.9 Å². The van der Waals surface area contributed by atoms with Crippen molar-refractivity contribution in [1.82, 2.24) is 40.2 Å². The minimum Gasteiger partial charge on any atom is -0.383 e. The summed E-state index contributed by atoms with van der Waals surface area (Å²) < 4.78 is 14.6. The number of pyridine rings is 3. The number of nitrogens with zero attached hydrogens (tertiary/aromatic N) is 6. The van der Waals surface area contributed by atoms with E-state index >= 15 is 0 Å². The van der Waals surface area contributed by atoms with Crippen molar-refractivity contribution in [2.75, 3.05) is 5.32 Å². The smallest absolute Gasteiger partial charge is 0.223 e. The van der Waals surface area contributed by atoms with Crippen molar-refractivity contribution in [2.24, 2.45) is 5.92 Å². The summed E-state index contributed by atoms with van der Waals surface area (Å²) in [5.74, 6) is 0.615. The van der Waals surface area contributed by atoms with E-state index in [1.807, 2.05) is 44.2 Å². The summed E-state index contributed by atoms with van der Waals surface area (Å²) in [5, 5.41) is 29.9. The second-order valence-corrected chi connectivity index (χ2v) is 10.2. The fraction of sp³-hybridized carbons (Fsp3) is 0.286. The van der Waals surface area contributed by atoms with Crippen molar-refractivity contribution < 1.29 is 14.3 Å². The van der Waals surface area contributed by atoms with Gasteiger partial charge in [-0.15, -0.1) is 0 Å². The number of nitrogens with one attached hydrogen (secondary N) is 3. The molecule has 5 heterocycles. The third kappa shape index (κ3) is 5.00. The number of aryl methyl sites for hydroxylation is 1. The van der Waals surface area contributed by atoms with E-state index < -0.39 is 17.3 Å². The Labute approximate surface area is 228 Å². The number of hydrogen-bond acceptors (Lipinski definition) is 8. The van der Waals surface area contributed by atoms with Gasteiger partial charge in [0.05, 0.1) is 24.0 Å². The van der Waals surface area contributed by atoms with E-state index in [0.717, 1.165) is 22.8 Å². The van der Waals surface area contributed by atoms with Crippen molar-refractivity contribution in [1.29, 1.82) is 0 Å². The van der Waals surface area contributed by atoms with E-state index in [-0.39, 0.29) is 18.4 Å². The number of fused-ring (bicyclic) bond motifs is 1. The summed E-state index contributed by atoms with van der Waals surface area (Å²) in [6.45, 7) is 3.78. The van der Waals surface area contributed by atoms with Gasteiger partial charge in [-0.25, -0.2) is 19.0 Å². The van der Waals surface area contributed by atoms with Gasteiger partial charge in [-0.05, 0) is 56.9 Å². The van der Waals surface area contributed by atoms with Crippen LogP contribution in [0.4, 0.5) is 16.0 Å². The van der Waals surface area contributed by atoms with Crippen LogP contribution in [0.15, 0.2) is 61.2 Å². The molecule has 3 atom stereocenters. The van der Waals surface area contributed by atoms with E-state index in [2.05, 4.69) is 35.9 Å². The lowest BCUT2D eigenvalue weighted by Crippen LogP contribution is -2.33. The summed E-state index contributed by atoms with van der Waals surface area (Å²) in [4.78, 5) is 26.8. The minimum absolute atomic E-state index is 0.153. The predicted octanol–water partition coefficient (Wildman–Crippen LogP) is 3.99. The van der Waals surface area contributed by atoms with Crippen molar-refractivity contribution in [3.8, 4) is 5.82 Å². The normalized spacial score (nSPS) is 19.6. The molecule has 0 unspecified atom stereocenters. The molecule has 6 rings (SSSR count). The summed E-state index contributed by atoms with van der Waals surface area (Å²) in [6, 6.07) is 10.7. The number of halogens is 1. The fourth-order valence-corrected chi connectivity index (χ4v) is 5.18. The van der Waals surface area contributed by atoms with Gasteiger partial charge in [0, 0.05) is 35.5 Å². The molecule has 40 heavy (non-hydrogen) atoms. The number of aromatic nitrogens is 7. The Hall–Kier alpha value is -4.71. The van der Waals surface area contributed by atoms with Gasteiger partial charge in [-0.1, -0.05) is 12.1 Å². The van der Waals surface area contributed by atoms with Gasteiger partial charge in [0.2, 0.25) is 5.91 Å². The Bertz CT molecular complexity index is 1680. The third-order valence-corrected chi connectivity index (χ3v) is 7.27. The first-order chi connectivity index (χ1) is 19.3. The average molecular weight is 542 g/mol. The Morgan fingerprint density at radius 3 is 2.83 bits per heavy atom. The summed E-state index contributed by atoms with van der Waals surface area (Å²) in [6.07, 6.45) is 6.75. The van der Waals surface area contributed by atoms with Crippen LogP contribution >= 0.6 is 0 Å². The maximum Gasteiger partial charge on any atom is 0.223 e.